The predicted octanol–water partition coefficient (Wildman–Crippen LogP) is 2.67. The Morgan fingerprint density at radius 1 is 1.40 bits per heavy atom. The Bertz CT molecular complexity index is 301. The van der Waals surface area contributed by atoms with E-state index in [9.17, 15) is 4.79 Å². The summed E-state index contributed by atoms with van der Waals surface area (Å²) in [5.74, 6) is 1.03. The topological polar surface area (TPSA) is 33.5 Å². The molecule has 0 N–H and O–H groups in total. The second-order valence-corrected chi connectivity index (χ2v) is 4.29. The van der Waals surface area contributed by atoms with Gasteiger partial charge in [-0.2, -0.15) is 0 Å². The molecular weight excluding hydrogens is 190 g/mol. The van der Waals surface area contributed by atoms with E-state index in [4.69, 9.17) is 4.42 Å². The van der Waals surface area contributed by atoms with Crippen molar-refractivity contribution in [2.45, 2.75) is 40.3 Å². The van der Waals surface area contributed by atoms with E-state index in [1.807, 2.05) is 44.7 Å². The molecule has 3 nitrogen and oxygen atoms in total. The molecule has 0 aliphatic carbocycles. The maximum absolute atomic E-state index is 11.9. The maximum Gasteiger partial charge on any atom is 0.225 e. The Morgan fingerprint density at radius 2 is 2.07 bits per heavy atom. The molecule has 0 aliphatic rings. The molecule has 0 saturated heterocycles. The van der Waals surface area contributed by atoms with Crippen molar-refractivity contribution in [2.24, 2.45) is 5.92 Å². The fourth-order valence-corrected chi connectivity index (χ4v) is 1.42. The van der Waals surface area contributed by atoms with Crippen LogP contribution in [-0.4, -0.2) is 16.8 Å². The number of hydrogen-bond donors (Lipinski definition) is 0. The van der Waals surface area contributed by atoms with Crippen LogP contribution < -0.4 is 0 Å². The predicted molar refractivity (Wildman–Crippen MR) is 59.2 cm³/mol. The smallest absolute Gasteiger partial charge is 0.225 e. The van der Waals surface area contributed by atoms with Crippen LogP contribution in [0.25, 0.3) is 0 Å². The van der Waals surface area contributed by atoms with Crippen LogP contribution in [0.2, 0.25) is 0 Å². The average Bonchev–Trinajstić information content (AvgIpc) is 2.64. The van der Waals surface area contributed by atoms with Gasteiger partial charge in [0.15, 0.2) is 0 Å². The van der Waals surface area contributed by atoms with Gasteiger partial charge >= 0.3 is 0 Å². The number of furan rings is 1. The molecule has 0 unspecified atom stereocenters. The third-order valence-corrected chi connectivity index (χ3v) is 2.31. The van der Waals surface area contributed by atoms with E-state index >= 15 is 0 Å². The van der Waals surface area contributed by atoms with Crippen molar-refractivity contribution in [1.82, 2.24) is 4.90 Å². The molecule has 0 aromatic carbocycles. The molecule has 1 amide bonds. The summed E-state index contributed by atoms with van der Waals surface area (Å²) < 4.78 is 5.25. The largest absolute Gasteiger partial charge is 0.467 e. The van der Waals surface area contributed by atoms with E-state index in [0.717, 1.165) is 5.76 Å². The Morgan fingerprint density at radius 3 is 2.47 bits per heavy atom. The van der Waals surface area contributed by atoms with Gasteiger partial charge in [-0.3, -0.25) is 4.79 Å². The number of carbonyl (C=O) groups excluding carboxylic acids is 1. The van der Waals surface area contributed by atoms with E-state index in [1.54, 1.807) is 6.26 Å². The maximum atomic E-state index is 11.9. The van der Waals surface area contributed by atoms with E-state index in [2.05, 4.69) is 0 Å². The fraction of sp³-hybridized carbons (Fsp3) is 0.583. The van der Waals surface area contributed by atoms with Gasteiger partial charge in [-0.05, 0) is 26.0 Å². The zero-order valence-electron chi connectivity index (χ0n) is 9.86. The summed E-state index contributed by atoms with van der Waals surface area (Å²) in [7, 11) is 0. The SMILES string of the molecule is CC(C)C(=O)N(Cc1ccco1)C(C)C. The molecule has 3 heteroatoms. The van der Waals surface area contributed by atoms with Gasteiger partial charge in [0, 0.05) is 12.0 Å². The third kappa shape index (κ3) is 3.11. The zero-order chi connectivity index (χ0) is 11.4. The number of carbonyl (C=O) groups is 1. The van der Waals surface area contributed by atoms with Gasteiger partial charge in [0.05, 0.1) is 12.8 Å². The standard InChI is InChI=1S/C12H19NO2/c1-9(2)12(14)13(10(3)4)8-11-6-5-7-15-11/h5-7,9-10H,8H2,1-4H3. The van der Waals surface area contributed by atoms with Gasteiger partial charge in [-0.1, -0.05) is 13.8 Å². The molecule has 15 heavy (non-hydrogen) atoms. The summed E-state index contributed by atoms with van der Waals surface area (Å²) in [6.07, 6.45) is 1.63. The monoisotopic (exact) mass is 209 g/mol. The van der Waals surface area contributed by atoms with Crippen LogP contribution in [0.5, 0.6) is 0 Å². The number of rotatable bonds is 4. The molecule has 1 aromatic rings. The van der Waals surface area contributed by atoms with Crippen molar-refractivity contribution in [3.05, 3.63) is 24.2 Å². The third-order valence-electron chi connectivity index (χ3n) is 2.31. The molecule has 84 valence electrons. The van der Waals surface area contributed by atoms with Gasteiger partial charge in [0.1, 0.15) is 5.76 Å². The molecule has 1 heterocycles. The Hall–Kier alpha value is -1.25. The minimum atomic E-state index is 0.0300. The van der Waals surface area contributed by atoms with Crippen molar-refractivity contribution in [1.29, 1.82) is 0 Å². The van der Waals surface area contributed by atoms with Gasteiger partial charge in [-0.15, -0.1) is 0 Å². The van der Waals surface area contributed by atoms with Crippen molar-refractivity contribution in [3.8, 4) is 0 Å². The van der Waals surface area contributed by atoms with Crippen LogP contribution >= 0.6 is 0 Å². The molecule has 0 saturated carbocycles. The normalized spacial score (nSPS) is 11.1. The molecule has 0 spiro atoms. The summed E-state index contributed by atoms with van der Waals surface area (Å²) >= 11 is 0. The summed E-state index contributed by atoms with van der Waals surface area (Å²) in [6, 6.07) is 3.93. The van der Waals surface area contributed by atoms with Crippen molar-refractivity contribution in [2.75, 3.05) is 0 Å². The number of hydrogen-bond acceptors (Lipinski definition) is 2. The molecule has 0 bridgehead atoms. The first kappa shape index (κ1) is 11.8. The van der Waals surface area contributed by atoms with E-state index in [-0.39, 0.29) is 17.9 Å². The molecule has 1 aromatic heterocycles. The molecule has 0 aliphatic heterocycles. The summed E-state index contributed by atoms with van der Waals surface area (Å²) in [4.78, 5) is 13.7. The first-order valence-corrected chi connectivity index (χ1v) is 5.35. The van der Waals surface area contributed by atoms with Crippen molar-refractivity contribution in [3.63, 3.8) is 0 Å². The van der Waals surface area contributed by atoms with E-state index < -0.39 is 0 Å². The number of amides is 1. The minimum absolute atomic E-state index is 0.0300. The Kier molecular flexibility index (Phi) is 3.95. The summed E-state index contributed by atoms with van der Waals surface area (Å²) in [5, 5.41) is 0. The fourth-order valence-electron chi connectivity index (χ4n) is 1.42. The van der Waals surface area contributed by atoms with E-state index in [1.165, 1.54) is 0 Å². The highest BCUT2D eigenvalue weighted by Gasteiger charge is 2.20. The van der Waals surface area contributed by atoms with Crippen molar-refractivity contribution < 1.29 is 9.21 Å². The van der Waals surface area contributed by atoms with Gasteiger partial charge < -0.3 is 9.32 Å². The molecule has 0 radical (unpaired) electrons. The van der Waals surface area contributed by atoms with Gasteiger partial charge in [-0.25, -0.2) is 0 Å². The quantitative estimate of drug-likeness (QED) is 0.763. The summed E-state index contributed by atoms with van der Waals surface area (Å²) in [5.41, 5.74) is 0. The molecule has 1 rings (SSSR count). The summed E-state index contributed by atoms with van der Waals surface area (Å²) in [6.45, 7) is 8.42. The lowest BCUT2D eigenvalue weighted by atomic mass is 10.1. The van der Waals surface area contributed by atoms with Crippen molar-refractivity contribution >= 4 is 5.91 Å². The molecule has 0 atom stereocenters. The Labute approximate surface area is 91.1 Å². The van der Waals surface area contributed by atoms with Gasteiger partial charge in [0.25, 0.3) is 0 Å². The van der Waals surface area contributed by atoms with Crippen LogP contribution in [0.3, 0.4) is 0 Å². The molecule has 0 fully saturated rings. The highest BCUT2D eigenvalue weighted by Crippen LogP contribution is 2.12. The van der Waals surface area contributed by atoms with Crippen LogP contribution in [0.1, 0.15) is 33.5 Å². The van der Waals surface area contributed by atoms with Crippen LogP contribution in [0, 0.1) is 5.92 Å². The first-order valence-electron chi connectivity index (χ1n) is 5.35. The lowest BCUT2D eigenvalue weighted by Gasteiger charge is -2.27. The van der Waals surface area contributed by atoms with E-state index in [0.29, 0.717) is 6.54 Å². The highest BCUT2D eigenvalue weighted by atomic mass is 16.3. The number of nitrogens with zero attached hydrogens (tertiary/aromatic N) is 1. The Balaban J connectivity index is 2.71. The minimum Gasteiger partial charge on any atom is -0.467 e. The lowest BCUT2D eigenvalue weighted by Crippen LogP contribution is -2.38. The van der Waals surface area contributed by atoms with Gasteiger partial charge in [0.2, 0.25) is 5.91 Å². The van der Waals surface area contributed by atoms with Crippen LogP contribution in [0.15, 0.2) is 22.8 Å². The van der Waals surface area contributed by atoms with Crippen LogP contribution in [0.4, 0.5) is 0 Å². The van der Waals surface area contributed by atoms with Crippen LogP contribution in [-0.2, 0) is 11.3 Å². The second kappa shape index (κ2) is 5.01. The second-order valence-electron chi connectivity index (χ2n) is 4.29. The molecular formula is C12H19NO2. The highest BCUT2D eigenvalue weighted by molar-refractivity contribution is 5.78. The average molecular weight is 209 g/mol. The lowest BCUT2D eigenvalue weighted by molar-refractivity contribution is -0.137. The first-order chi connectivity index (χ1) is 7.02. The zero-order valence-corrected chi connectivity index (χ0v) is 9.86.